The molecule has 0 spiro atoms. The first-order chi connectivity index (χ1) is 20.0. The van der Waals surface area contributed by atoms with Gasteiger partial charge in [0.15, 0.2) is 17.3 Å². The summed E-state index contributed by atoms with van der Waals surface area (Å²) in [5.41, 5.74) is 6.04. The van der Waals surface area contributed by atoms with E-state index in [9.17, 15) is 39.2 Å². The summed E-state index contributed by atoms with van der Waals surface area (Å²) in [5.74, 6) is -4.72. The molecule has 2 heterocycles. The van der Waals surface area contributed by atoms with Gasteiger partial charge in [-0.3, -0.25) is 19.3 Å². The number of carbonyl (C=O) groups is 5. The van der Waals surface area contributed by atoms with Gasteiger partial charge in [0, 0.05) is 38.4 Å². The van der Waals surface area contributed by atoms with E-state index in [1.165, 1.54) is 35.2 Å². The summed E-state index contributed by atoms with van der Waals surface area (Å²) in [6, 6.07) is 6.14. The van der Waals surface area contributed by atoms with E-state index in [1.54, 1.807) is 13.0 Å². The molecule has 0 saturated carbocycles. The van der Waals surface area contributed by atoms with Crippen molar-refractivity contribution >= 4 is 36.7 Å². The smallest absolute Gasteiger partial charge is 0.526 e. The largest absolute Gasteiger partial charge is 0.535 e. The minimum Gasteiger partial charge on any atom is -0.535 e. The molecule has 2 atom stereocenters. The molecule has 0 aliphatic carbocycles. The van der Waals surface area contributed by atoms with Gasteiger partial charge in [-0.25, -0.2) is 9.59 Å². The molecular weight excluding hydrogens is 551 g/mol. The number of hydrogen-bond acceptors (Lipinski definition) is 10. The fraction of sp³-hybridized carbons (Fsp3) is 0.370. The van der Waals surface area contributed by atoms with Crippen molar-refractivity contribution in [3.8, 4) is 17.2 Å². The van der Waals surface area contributed by atoms with Crippen LogP contribution >= 0.6 is 0 Å². The van der Waals surface area contributed by atoms with Crippen LogP contribution in [0.25, 0.3) is 0 Å². The fourth-order valence-electron chi connectivity index (χ4n) is 4.92. The van der Waals surface area contributed by atoms with E-state index in [-0.39, 0.29) is 67.5 Å². The van der Waals surface area contributed by atoms with E-state index in [2.05, 4.69) is 5.32 Å². The Morgan fingerprint density at radius 1 is 1.19 bits per heavy atom. The van der Waals surface area contributed by atoms with Crippen LogP contribution in [0.4, 0.5) is 4.79 Å². The molecule has 2 aliphatic rings. The van der Waals surface area contributed by atoms with Gasteiger partial charge in [0.2, 0.25) is 0 Å². The number of piperazine rings is 1. The molecule has 1 saturated heterocycles. The first-order valence-corrected chi connectivity index (χ1v) is 13.3. The third-order valence-corrected chi connectivity index (χ3v) is 7.13. The first kappa shape index (κ1) is 30.3. The van der Waals surface area contributed by atoms with Crippen LogP contribution in [0.2, 0.25) is 5.82 Å². The number of hydrogen-bond donors (Lipinski definition) is 5. The quantitative estimate of drug-likeness (QED) is 0.190. The van der Waals surface area contributed by atoms with Gasteiger partial charge in [-0.15, -0.1) is 0 Å². The van der Waals surface area contributed by atoms with Crippen molar-refractivity contribution in [2.24, 2.45) is 5.73 Å². The Kier molecular flexibility index (Phi) is 9.33. The molecule has 6 N–H and O–H groups in total. The zero-order valence-electron chi connectivity index (χ0n) is 22.8. The van der Waals surface area contributed by atoms with Gasteiger partial charge in [-0.05, 0) is 42.7 Å². The number of phenolic OH excluding ortho intramolecular Hbond substituents is 1. The molecule has 1 unspecified atom stereocenters. The number of ether oxygens (including phenoxy) is 1. The summed E-state index contributed by atoms with van der Waals surface area (Å²) in [6.45, 7) is 2.26. The highest BCUT2D eigenvalue weighted by Crippen LogP contribution is 2.38. The van der Waals surface area contributed by atoms with Crippen LogP contribution in [0.5, 0.6) is 17.2 Å². The Morgan fingerprint density at radius 3 is 2.64 bits per heavy atom. The Balaban J connectivity index is 1.61. The molecule has 2 aromatic carbocycles. The van der Waals surface area contributed by atoms with Crippen LogP contribution < -0.4 is 20.4 Å². The molecule has 1 fully saturated rings. The minimum atomic E-state index is -1.53. The Hall–Kier alpha value is -4.63. The normalized spacial score (nSPS) is 17.3. The third kappa shape index (κ3) is 6.31. The third-order valence-electron chi connectivity index (χ3n) is 7.13. The molecule has 0 aromatic heterocycles. The number of amides is 4. The van der Waals surface area contributed by atoms with Gasteiger partial charge in [-0.2, -0.15) is 0 Å². The number of ketones is 1. The molecule has 2 aromatic rings. The highest BCUT2D eigenvalue weighted by Gasteiger charge is 2.41. The highest BCUT2D eigenvalue weighted by molar-refractivity contribution is 6.47. The highest BCUT2D eigenvalue weighted by atomic mass is 16.5. The number of rotatable bonds is 10. The number of benzene rings is 2. The summed E-state index contributed by atoms with van der Waals surface area (Å²) < 4.78 is 10.9. The van der Waals surface area contributed by atoms with Gasteiger partial charge in [0.05, 0.1) is 5.56 Å². The van der Waals surface area contributed by atoms with Gasteiger partial charge < -0.3 is 40.6 Å². The van der Waals surface area contributed by atoms with Gasteiger partial charge in [-0.1, -0.05) is 18.2 Å². The van der Waals surface area contributed by atoms with Crippen molar-refractivity contribution in [1.29, 1.82) is 0 Å². The van der Waals surface area contributed by atoms with Crippen molar-refractivity contribution in [1.82, 2.24) is 15.1 Å². The number of nitrogens with zero attached hydrogens (tertiary/aromatic N) is 2. The molecule has 14 nitrogen and oxygen atoms in total. The number of nitrogens with two attached hydrogens (primary N) is 1. The number of aromatic hydroxyl groups is 1. The average molecular weight is 582 g/mol. The van der Waals surface area contributed by atoms with Crippen molar-refractivity contribution in [3.05, 3.63) is 53.1 Å². The van der Waals surface area contributed by atoms with Crippen LogP contribution in [0.15, 0.2) is 36.4 Å². The zero-order chi connectivity index (χ0) is 30.6. The number of likely N-dealkylation sites (N-methyl/N-ethyl adjacent to an activating group) is 1. The number of aromatic carboxylic acids is 1. The Morgan fingerprint density at radius 2 is 1.95 bits per heavy atom. The molecule has 0 radical (unpaired) electrons. The molecule has 0 bridgehead atoms. The number of nitrogens with one attached hydrogen (secondary N) is 1. The summed E-state index contributed by atoms with van der Waals surface area (Å²) in [5, 5.41) is 32.9. The molecule has 222 valence electrons. The lowest BCUT2D eigenvalue weighted by Gasteiger charge is -2.33. The average Bonchev–Trinajstić information content (AvgIpc) is 2.96. The zero-order valence-corrected chi connectivity index (χ0v) is 22.8. The van der Waals surface area contributed by atoms with Crippen LogP contribution in [0, 0.1) is 0 Å². The summed E-state index contributed by atoms with van der Waals surface area (Å²) >= 11 is 0. The second kappa shape index (κ2) is 12.9. The number of Topliss-reactive ketones (excluding diaryl/α,β-unsaturated/α-hetero) is 1. The molecule has 4 amide bonds. The maximum atomic E-state index is 13.7. The number of phenols is 1. The van der Waals surface area contributed by atoms with Crippen LogP contribution in [-0.2, 0) is 20.8 Å². The molecule has 4 rings (SSSR count). The van der Waals surface area contributed by atoms with Gasteiger partial charge >= 0.3 is 30.9 Å². The maximum absolute atomic E-state index is 13.7. The van der Waals surface area contributed by atoms with Crippen LogP contribution in [0.1, 0.15) is 40.9 Å². The Labute approximate surface area is 241 Å². The van der Waals surface area contributed by atoms with Gasteiger partial charge in [0.25, 0.3) is 0 Å². The number of imide groups is 1. The monoisotopic (exact) mass is 582 g/mol. The lowest BCUT2D eigenvalue weighted by molar-refractivity contribution is -0.153. The van der Waals surface area contributed by atoms with Crippen molar-refractivity contribution in [2.75, 3.05) is 32.8 Å². The van der Waals surface area contributed by atoms with E-state index in [1.807, 2.05) is 0 Å². The molecular formula is C27H31BN4O10. The summed E-state index contributed by atoms with van der Waals surface area (Å²) in [7, 11) is -1.53. The lowest BCUT2D eigenvalue weighted by atomic mass is 9.64. The van der Waals surface area contributed by atoms with E-state index < -0.39 is 48.6 Å². The number of fused-ring (bicyclic) bond motifs is 1. The van der Waals surface area contributed by atoms with Crippen LogP contribution in [0.3, 0.4) is 0 Å². The standard InChI is InChI=1S/C27H31BN4O10/c1-2-31-9-10-32(25(36)24(31)35)27(39)30-22(15-6-7-19(33)21(13-15)41-11-8-29)20(34)14-17-12-16-4-3-5-18(26(37)38)23(16)42-28(17)40/h3-7,13,17,22,33,40H,2,8-12,14,29H2,1H3,(H,30,39)(H,37,38)/t17-,22?/m1/s1. The summed E-state index contributed by atoms with van der Waals surface area (Å²) in [6.07, 6.45) is -0.213. The predicted molar refractivity (Wildman–Crippen MR) is 147 cm³/mol. The topological polar surface area (TPSA) is 209 Å². The fourth-order valence-corrected chi connectivity index (χ4v) is 4.92. The second-order valence-electron chi connectivity index (χ2n) is 9.83. The SMILES string of the molecule is CCN1CCN(C(=O)NC(C(=O)C[C@H]2Cc3cccc(C(=O)O)c3OB2O)c2ccc(O)c(OCCN)c2)C(=O)C1=O. The number of urea groups is 1. The molecule has 42 heavy (non-hydrogen) atoms. The Bertz CT molecular complexity index is 1400. The minimum absolute atomic E-state index is 0.00368. The number of carboxylic acids is 1. The maximum Gasteiger partial charge on any atom is 0.526 e. The molecule has 2 aliphatic heterocycles. The van der Waals surface area contributed by atoms with E-state index in [0.717, 1.165) is 4.90 Å². The number of para-hydroxylation sites is 1. The van der Waals surface area contributed by atoms with Crippen molar-refractivity contribution in [2.45, 2.75) is 31.6 Å². The van der Waals surface area contributed by atoms with Crippen LogP contribution in [-0.4, -0.2) is 94.5 Å². The van der Waals surface area contributed by atoms with Gasteiger partial charge in [0.1, 0.15) is 18.4 Å². The number of carbonyl (C=O) groups excluding carboxylic acids is 4. The van der Waals surface area contributed by atoms with E-state index in [0.29, 0.717) is 12.1 Å². The van der Waals surface area contributed by atoms with E-state index in [4.69, 9.17) is 15.1 Å². The van der Waals surface area contributed by atoms with Crippen molar-refractivity contribution < 1.29 is 48.6 Å². The van der Waals surface area contributed by atoms with E-state index >= 15 is 0 Å². The first-order valence-electron chi connectivity index (χ1n) is 13.3. The lowest BCUT2D eigenvalue weighted by Crippen LogP contribution is -2.58. The second-order valence-corrected chi connectivity index (χ2v) is 9.83. The predicted octanol–water partition coefficient (Wildman–Crippen LogP) is 0.314. The van der Waals surface area contributed by atoms with Crippen molar-refractivity contribution in [3.63, 3.8) is 0 Å². The molecule has 15 heteroatoms. The summed E-state index contributed by atoms with van der Waals surface area (Å²) in [4.78, 5) is 65.6. The number of carboxylic acid groups (broad SMARTS) is 1.